The molecule has 1 fully saturated rings. The van der Waals surface area contributed by atoms with Gasteiger partial charge in [0, 0.05) is 12.1 Å². The summed E-state index contributed by atoms with van der Waals surface area (Å²) in [5.74, 6) is 1.85. The summed E-state index contributed by atoms with van der Waals surface area (Å²) in [4.78, 5) is 0. The van der Waals surface area contributed by atoms with Crippen LogP contribution in [0.25, 0.3) is 0 Å². The van der Waals surface area contributed by atoms with Gasteiger partial charge in [-0.25, -0.2) is 0 Å². The Balaban J connectivity index is 1.87. The van der Waals surface area contributed by atoms with Crippen LogP contribution in [0.15, 0.2) is 0 Å². The van der Waals surface area contributed by atoms with Gasteiger partial charge in [-0.3, -0.25) is 0 Å². The van der Waals surface area contributed by atoms with Crippen LogP contribution < -0.4 is 11.5 Å². The molecule has 0 amide bonds. The molecule has 2 nitrogen and oxygen atoms in total. The van der Waals surface area contributed by atoms with Crippen molar-refractivity contribution in [2.75, 3.05) is 0 Å². The maximum Gasteiger partial charge on any atom is 0.00390 e. The molecule has 0 aromatic carbocycles. The first-order valence-electron chi connectivity index (χ1n) is 9.09. The van der Waals surface area contributed by atoms with E-state index >= 15 is 0 Å². The van der Waals surface area contributed by atoms with E-state index in [4.69, 9.17) is 11.5 Å². The van der Waals surface area contributed by atoms with Gasteiger partial charge in [0.1, 0.15) is 0 Å². The van der Waals surface area contributed by atoms with E-state index in [9.17, 15) is 0 Å². The first kappa shape index (κ1) is 18.0. The largest absolute Gasteiger partial charge is 0.328 e. The molecule has 2 atom stereocenters. The van der Waals surface area contributed by atoms with Crippen LogP contribution in [0.3, 0.4) is 0 Å². The predicted octanol–water partition coefficient (Wildman–Crippen LogP) is 4.61. The fraction of sp³-hybridized carbons (Fsp3) is 1.00. The second-order valence-electron chi connectivity index (χ2n) is 7.43. The Morgan fingerprint density at radius 1 is 0.850 bits per heavy atom. The van der Waals surface area contributed by atoms with Crippen molar-refractivity contribution < 1.29 is 0 Å². The van der Waals surface area contributed by atoms with Crippen LogP contribution >= 0.6 is 0 Å². The molecule has 1 aliphatic carbocycles. The molecule has 0 radical (unpaired) electrons. The maximum absolute atomic E-state index is 5.96. The lowest BCUT2D eigenvalue weighted by molar-refractivity contribution is 0.301. The van der Waals surface area contributed by atoms with Gasteiger partial charge in [-0.2, -0.15) is 0 Å². The molecule has 0 aromatic rings. The smallest absolute Gasteiger partial charge is 0.00390 e. The van der Waals surface area contributed by atoms with Crippen molar-refractivity contribution in [1.82, 2.24) is 0 Å². The van der Waals surface area contributed by atoms with Crippen molar-refractivity contribution in [3.63, 3.8) is 0 Å². The molecule has 0 bridgehead atoms. The van der Waals surface area contributed by atoms with Gasteiger partial charge >= 0.3 is 0 Å². The topological polar surface area (TPSA) is 52.0 Å². The average molecular weight is 283 g/mol. The highest BCUT2D eigenvalue weighted by Crippen LogP contribution is 2.27. The van der Waals surface area contributed by atoms with E-state index in [1.165, 1.54) is 77.0 Å². The first-order valence-corrected chi connectivity index (χ1v) is 9.09. The molecule has 20 heavy (non-hydrogen) atoms. The minimum absolute atomic E-state index is 0.376. The van der Waals surface area contributed by atoms with Crippen LogP contribution in [0.1, 0.15) is 90.9 Å². The second kappa shape index (κ2) is 10.6. The Hall–Kier alpha value is -0.0800. The lowest BCUT2D eigenvalue weighted by Gasteiger charge is -2.25. The Morgan fingerprint density at radius 2 is 1.50 bits per heavy atom. The van der Waals surface area contributed by atoms with Gasteiger partial charge < -0.3 is 11.5 Å². The molecular weight excluding hydrogens is 244 g/mol. The first-order chi connectivity index (χ1) is 9.58. The fourth-order valence-corrected chi connectivity index (χ4v) is 3.45. The molecule has 0 aromatic heterocycles. The van der Waals surface area contributed by atoms with Crippen LogP contribution in [0, 0.1) is 11.8 Å². The molecule has 1 saturated carbocycles. The zero-order valence-corrected chi connectivity index (χ0v) is 13.9. The third kappa shape index (κ3) is 8.97. The van der Waals surface area contributed by atoms with Crippen LogP contribution in [0.2, 0.25) is 0 Å². The molecule has 2 heteroatoms. The van der Waals surface area contributed by atoms with Crippen LogP contribution in [0.4, 0.5) is 0 Å². The van der Waals surface area contributed by atoms with Crippen LogP contribution in [0.5, 0.6) is 0 Å². The van der Waals surface area contributed by atoms with Crippen molar-refractivity contribution in [3.8, 4) is 0 Å². The molecule has 0 heterocycles. The highest BCUT2D eigenvalue weighted by molar-refractivity contribution is 4.74. The van der Waals surface area contributed by atoms with Crippen molar-refractivity contribution in [2.45, 2.75) is 103 Å². The molecule has 0 saturated heterocycles. The van der Waals surface area contributed by atoms with Gasteiger partial charge in [0.2, 0.25) is 0 Å². The normalized spacial score (nSPS) is 26.4. The summed E-state index contributed by atoms with van der Waals surface area (Å²) < 4.78 is 0. The Bertz CT molecular complexity index is 219. The lowest BCUT2D eigenvalue weighted by Crippen LogP contribution is -2.26. The number of rotatable bonds is 10. The van der Waals surface area contributed by atoms with Gasteiger partial charge in [0.25, 0.3) is 0 Å². The van der Waals surface area contributed by atoms with Gasteiger partial charge in [-0.05, 0) is 57.3 Å². The highest BCUT2D eigenvalue weighted by Gasteiger charge is 2.17. The number of nitrogens with two attached hydrogens (primary N) is 2. The number of hydrogen-bond donors (Lipinski definition) is 2. The monoisotopic (exact) mass is 282 g/mol. The molecule has 1 aliphatic rings. The number of unbranched alkanes of at least 4 members (excludes halogenated alkanes) is 3. The minimum atomic E-state index is 0.376. The molecule has 0 aliphatic heterocycles. The van der Waals surface area contributed by atoms with E-state index in [0.29, 0.717) is 12.1 Å². The third-order valence-corrected chi connectivity index (χ3v) is 5.07. The van der Waals surface area contributed by atoms with E-state index < -0.39 is 0 Å². The summed E-state index contributed by atoms with van der Waals surface area (Å²) >= 11 is 0. The molecule has 2 unspecified atom stereocenters. The van der Waals surface area contributed by atoms with E-state index in [1.54, 1.807) is 0 Å². The molecule has 120 valence electrons. The standard InChI is InChI=1S/C18H38N2/c1-15(9-10-16(2)19)7-5-3-4-6-8-17-11-13-18(20)14-12-17/h15-18H,3-14,19-20H2,1-2H3. The summed E-state index contributed by atoms with van der Waals surface area (Å²) in [7, 11) is 0. The maximum atomic E-state index is 5.96. The molecule has 1 rings (SSSR count). The second-order valence-corrected chi connectivity index (χ2v) is 7.43. The molecular formula is C18H38N2. The minimum Gasteiger partial charge on any atom is -0.328 e. The van der Waals surface area contributed by atoms with Crippen molar-refractivity contribution in [3.05, 3.63) is 0 Å². The highest BCUT2D eigenvalue weighted by atomic mass is 14.6. The predicted molar refractivity (Wildman–Crippen MR) is 89.7 cm³/mol. The molecule has 4 N–H and O–H groups in total. The fourth-order valence-electron chi connectivity index (χ4n) is 3.45. The summed E-state index contributed by atoms with van der Waals surface area (Å²) in [6.07, 6.45) is 16.3. The summed E-state index contributed by atoms with van der Waals surface area (Å²) in [5, 5.41) is 0. The van der Waals surface area contributed by atoms with Crippen molar-refractivity contribution in [1.29, 1.82) is 0 Å². The van der Waals surface area contributed by atoms with Crippen molar-refractivity contribution >= 4 is 0 Å². The van der Waals surface area contributed by atoms with E-state index in [2.05, 4.69) is 13.8 Å². The van der Waals surface area contributed by atoms with E-state index in [-0.39, 0.29) is 0 Å². The third-order valence-electron chi connectivity index (χ3n) is 5.07. The van der Waals surface area contributed by atoms with Gasteiger partial charge in [-0.1, -0.05) is 45.4 Å². The molecule has 0 spiro atoms. The van der Waals surface area contributed by atoms with E-state index in [1.807, 2.05) is 0 Å². The van der Waals surface area contributed by atoms with Gasteiger partial charge in [0.15, 0.2) is 0 Å². The van der Waals surface area contributed by atoms with Crippen LogP contribution in [-0.2, 0) is 0 Å². The van der Waals surface area contributed by atoms with Gasteiger partial charge in [-0.15, -0.1) is 0 Å². The van der Waals surface area contributed by atoms with Crippen LogP contribution in [-0.4, -0.2) is 12.1 Å². The summed E-state index contributed by atoms with van der Waals surface area (Å²) in [6.45, 7) is 4.50. The zero-order chi connectivity index (χ0) is 14.8. The Labute approximate surface area is 127 Å². The summed E-state index contributed by atoms with van der Waals surface area (Å²) in [5.41, 5.74) is 11.8. The van der Waals surface area contributed by atoms with Crippen molar-refractivity contribution in [2.24, 2.45) is 23.3 Å². The summed E-state index contributed by atoms with van der Waals surface area (Å²) in [6, 6.07) is 0.880. The van der Waals surface area contributed by atoms with Gasteiger partial charge in [0.05, 0.1) is 0 Å². The van der Waals surface area contributed by atoms with E-state index in [0.717, 1.165) is 11.8 Å². The Kier molecular flexibility index (Phi) is 9.54. The number of hydrogen-bond acceptors (Lipinski definition) is 2. The Morgan fingerprint density at radius 3 is 2.15 bits per heavy atom. The average Bonchev–Trinajstić information content (AvgIpc) is 2.42. The lowest BCUT2D eigenvalue weighted by atomic mass is 9.83. The quantitative estimate of drug-likeness (QED) is 0.575. The SMILES string of the molecule is CC(N)CCC(C)CCCCCCC1CCC(N)CC1. The zero-order valence-electron chi connectivity index (χ0n) is 13.9.